The minimum Gasteiger partial charge on any atom is -0.391 e. The summed E-state index contributed by atoms with van der Waals surface area (Å²) in [7, 11) is 0. The molecule has 0 aromatic carbocycles. The number of β-amino-alcohol motifs (C(OH)–C–C–N with tert-alkyl or cyclic N) is 1. The number of aliphatic hydroxyl groups excluding tert-OH is 1. The topological polar surface area (TPSA) is 52.6 Å². The first-order valence-electron chi connectivity index (χ1n) is 6.34. The van der Waals surface area contributed by atoms with Gasteiger partial charge in [-0.25, -0.2) is 0 Å². The van der Waals surface area contributed by atoms with Crippen LogP contribution in [0.25, 0.3) is 0 Å². The second kappa shape index (κ2) is 5.15. The maximum Gasteiger partial charge on any atom is 0.227 e. The molecule has 2 aliphatic heterocycles. The zero-order chi connectivity index (χ0) is 11.5. The number of rotatable bonds is 1. The molecule has 4 heteroatoms. The number of nitrogens with zero attached hydrogens (tertiary/aromatic N) is 1. The van der Waals surface area contributed by atoms with Crippen molar-refractivity contribution in [3.8, 4) is 0 Å². The van der Waals surface area contributed by atoms with Gasteiger partial charge in [-0.1, -0.05) is 6.92 Å². The Kier molecular flexibility index (Phi) is 3.82. The first kappa shape index (κ1) is 11.9. The number of aliphatic hydroxyl groups is 1. The number of amides is 1. The molecule has 0 bridgehead atoms. The van der Waals surface area contributed by atoms with Crippen molar-refractivity contribution in [2.24, 2.45) is 11.8 Å². The van der Waals surface area contributed by atoms with Crippen LogP contribution in [0.5, 0.6) is 0 Å². The fourth-order valence-electron chi connectivity index (χ4n) is 2.76. The van der Waals surface area contributed by atoms with Crippen molar-refractivity contribution in [2.75, 3.05) is 26.2 Å². The summed E-state index contributed by atoms with van der Waals surface area (Å²) in [5, 5.41) is 12.9. The first-order chi connectivity index (χ1) is 7.66. The van der Waals surface area contributed by atoms with Crippen LogP contribution in [0.4, 0.5) is 0 Å². The highest BCUT2D eigenvalue weighted by molar-refractivity contribution is 5.79. The Balaban J connectivity index is 1.90. The van der Waals surface area contributed by atoms with Gasteiger partial charge in [-0.3, -0.25) is 4.79 Å². The summed E-state index contributed by atoms with van der Waals surface area (Å²) in [4.78, 5) is 14.1. The fraction of sp³-hybridized carbons (Fsp3) is 0.917. The molecule has 0 aromatic rings. The van der Waals surface area contributed by atoms with Gasteiger partial charge in [0, 0.05) is 19.6 Å². The van der Waals surface area contributed by atoms with Crippen molar-refractivity contribution in [3.63, 3.8) is 0 Å². The smallest absolute Gasteiger partial charge is 0.227 e. The van der Waals surface area contributed by atoms with Crippen LogP contribution in [0.3, 0.4) is 0 Å². The summed E-state index contributed by atoms with van der Waals surface area (Å²) in [6.45, 7) is 5.35. The zero-order valence-corrected chi connectivity index (χ0v) is 9.98. The number of piperidine rings is 2. The van der Waals surface area contributed by atoms with Gasteiger partial charge < -0.3 is 15.3 Å². The van der Waals surface area contributed by atoms with Gasteiger partial charge in [0.15, 0.2) is 0 Å². The summed E-state index contributed by atoms with van der Waals surface area (Å²) in [6.07, 6.45) is 2.44. The van der Waals surface area contributed by atoms with E-state index in [1.54, 1.807) is 0 Å². The summed E-state index contributed by atoms with van der Waals surface area (Å²) >= 11 is 0. The molecule has 4 nitrogen and oxygen atoms in total. The van der Waals surface area contributed by atoms with E-state index in [0.29, 0.717) is 12.5 Å². The van der Waals surface area contributed by atoms with E-state index < -0.39 is 0 Å². The van der Waals surface area contributed by atoms with Crippen molar-refractivity contribution in [2.45, 2.75) is 32.3 Å². The summed E-state index contributed by atoms with van der Waals surface area (Å²) in [5.74, 6) is 0.935. The van der Waals surface area contributed by atoms with Gasteiger partial charge in [0.05, 0.1) is 12.0 Å². The molecule has 2 heterocycles. The van der Waals surface area contributed by atoms with Crippen LogP contribution in [-0.4, -0.2) is 48.2 Å². The number of nitrogens with one attached hydrogen (secondary N) is 1. The molecule has 0 radical (unpaired) electrons. The first-order valence-corrected chi connectivity index (χ1v) is 6.34. The molecular weight excluding hydrogens is 204 g/mol. The monoisotopic (exact) mass is 226 g/mol. The maximum absolute atomic E-state index is 12.2. The molecule has 0 spiro atoms. The number of hydrogen-bond donors (Lipinski definition) is 2. The Labute approximate surface area is 97.0 Å². The molecule has 2 rings (SSSR count). The van der Waals surface area contributed by atoms with Crippen LogP contribution in [0.2, 0.25) is 0 Å². The van der Waals surface area contributed by atoms with Gasteiger partial charge in [-0.15, -0.1) is 0 Å². The summed E-state index contributed by atoms with van der Waals surface area (Å²) in [6, 6.07) is 0. The highest BCUT2D eigenvalue weighted by Crippen LogP contribution is 2.20. The van der Waals surface area contributed by atoms with Gasteiger partial charge in [-0.05, 0) is 31.7 Å². The predicted molar refractivity (Wildman–Crippen MR) is 62.0 cm³/mol. The van der Waals surface area contributed by atoms with Gasteiger partial charge in [0.25, 0.3) is 0 Å². The molecule has 92 valence electrons. The zero-order valence-electron chi connectivity index (χ0n) is 9.98. The number of likely N-dealkylation sites (tertiary alicyclic amines) is 1. The molecule has 2 saturated heterocycles. The molecule has 0 aromatic heterocycles. The lowest BCUT2D eigenvalue weighted by molar-refractivity contribution is -0.139. The van der Waals surface area contributed by atoms with Crippen LogP contribution >= 0.6 is 0 Å². The number of carbonyl (C=O) groups excluding carboxylic acids is 1. The van der Waals surface area contributed by atoms with Gasteiger partial charge in [0.2, 0.25) is 5.91 Å². The number of hydrogen-bond acceptors (Lipinski definition) is 3. The molecular formula is C12H22N2O2. The average Bonchev–Trinajstić information content (AvgIpc) is 2.28. The summed E-state index contributed by atoms with van der Waals surface area (Å²) < 4.78 is 0. The normalized spacial score (nSPS) is 36.1. The molecule has 2 aliphatic rings. The quantitative estimate of drug-likeness (QED) is 0.672. The second-order valence-corrected chi connectivity index (χ2v) is 5.28. The molecule has 0 aliphatic carbocycles. The molecule has 0 saturated carbocycles. The van der Waals surface area contributed by atoms with Gasteiger partial charge in [-0.2, -0.15) is 0 Å². The van der Waals surface area contributed by atoms with Crippen LogP contribution in [0.1, 0.15) is 26.2 Å². The SMILES string of the molecule is CC1CNCC(C(=O)N2CCCC(O)C2)C1. The lowest BCUT2D eigenvalue weighted by Crippen LogP contribution is -2.49. The van der Waals surface area contributed by atoms with E-state index in [1.807, 2.05) is 4.90 Å². The van der Waals surface area contributed by atoms with Crippen molar-refractivity contribution in [3.05, 3.63) is 0 Å². The molecule has 3 atom stereocenters. The van der Waals surface area contributed by atoms with E-state index in [1.165, 1.54) is 0 Å². The van der Waals surface area contributed by atoms with Crippen molar-refractivity contribution in [1.82, 2.24) is 10.2 Å². The summed E-state index contributed by atoms with van der Waals surface area (Å²) in [5.41, 5.74) is 0. The Morgan fingerprint density at radius 1 is 1.44 bits per heavy atom. The van der Waals surface area contributed by atoms with E-state index in [9.17, 15) is 9.90 Å². The third-order valence-corrected chi connectivity index (χ3v) is 3.63. The molecule has 16 heavy (non-hydrogen) atoms. The number of carbonyl (C=O) groups is 1. The van der Waals surface area contributed by atoms with Crippen molar-refractivity contribution in [1.29, 1.82) is 0 Å². The van der Waals surface area contributed by atoms with Crippen LogP contribution in [0, 0.1) is 11.8 Å². The van der Waals surface area contributed by atoms with Gasteiger partial charge in [0.1, 0.15) is 0 Å². The average molecular weight is 226 g/mol. The molecule has 2 N–H and O–H groups in total. The third kappa shape index (κ3) is 2.74. The van der Waals surface area contributed by atoms with E-state index in [-0.39, 0.29) is 17.9 Å². The Bertz CT molecular complexity index is 233. The van der Waals surface area contributed by atoms with E-state index >= 15 is 0 Å². The van der Waals surface area contributed by atoms with Crippen LogP contribution in [-0.2, 0) is 4.79 Å². The minimum absolute atomic E-state index is 0.119. The Hall–Kier alpha value is -0.610. The molecule has 3 unspecified atom stereocenters. The lowest BCUT2D eigenvalue weighted by Gasteiger charge is -2.35. The second-order valence-electron chi connectivity index (χ2n) is 5.28. The van der Waals surface area contributed by atoms with Crippen LogP contribution in [0.15, 0.2) is 0 Å². The highest BCUT2D eigenvalue weighted by Gasteiger charge is 2.30. The van der Waals surface area contributed by atoms with Crippen LogP contribution < -0.4 is 5.32 Å². The Morgan fingerprint density at radius 3 is 2.94 bits per heavy atom. The van der Waals surface area contributed by atoms with Gasteiger partial charge >= 0.3 is 0 Å². The van der Waals surface area contributed by atoms with Crippen molar-refractivity contribution >= 4 is 5.91 Å². The van der Waals surface area contributed by atoms with E-state index in [2.05, 4.69) is 12.2 Å². The standard InChI is InChI=1S/C12H22N2O2/c1-9-5-10(7-13-6-9)12(16)14-4-2-3-11(15)8-14/h9-11,13,15H,2-8H2,1H3. The van der Waals surface area contributed by atoms with Crippen molar-refractivity contribution < 1.29 is 9.90 Å². The largest absolute Gasteiger partial charge is 0.391 e. The fourth-order valence-corrected chi connectivity index (χ4v) is 2.76. The third-order valence-electron chi connectivity index (χ3n) is 3.63. The Morgan fingerprint density at radius 2 is 2.25 bits per heavy atom. The lowest BCUT2D eigenvalue weighted by atomic mass is 9.90. The molecule has 2 fully saturated rings. The predicted octanol–water partition coefficient (Wildman–Crippen LogP) is 0.215. The van der Waals surface area contributed by atoms with E-state index in [0.717, 1.165) is 38.9 Å². The molecule has 1 amide bonds. The van der Waals surface area contributed by atoms with E-state index in [4.69, 9.17) is 0 Å². The highest BCUT2D eigenvalue weighted by atomic mass is 16.3. The maximum atomic E-state index is 12.2. The minimum atomic E-state index is -0.313.